The van der Waals surface area contributed by atoms with Gasteiger partial charge >= 0.3 is 5.97 Å². The fourth-order valence-electron chi connectivity index (χ4n) is 2.57. The zero-order valence-corrected chi connectivity index (χ0v) is 12.0. The molecule has 0 unspecified atom stereocenters. The summed E-state index contributed by atoms with van der Waals surface area (Å²) in [7, 11) is 3.09. The molecular weight excluding hydrogens is 268 g/mol. The van der Waals surface area contributed by atoms with Gasteiger partial charge in [0, 0.05) is 11.0 Å². The summed E-state index contributed by atoms with van der Waals surface area (Å²) < 4.78 is 10.6. The predicted molar refractivity (Wildman–Crippen MR) is 72.5 cm³/mol. The van der Waals surface area contributed by atoms with Crippen molar-refractivity contribution >= 4 is 17.6 Å². The van der Waals surface area contributed by atoms with Gasteiger partial charge in [-0.05, 0) is 31.4 Å². The second-order valence-electron chi connectivity index (χ2n) is 4.97. The van der Waals surface area contributed by atoms with Crippen LogP contribution in [-0.4, -0.2) is 25.3 Å². The monoisotopic (exact) mass is 284 g/mol. The van der Waals surface area contributed by atoms with E-state index in [1.54, 1.807) is 7.11 Å². The Morgan fingerprint density at radius 1 is 1.37 bits per heavy atom. The summed E-state index contributed by atoms with van der Waals surface area (Å²) in [5, 5.41) is 9.47. The minimum absolute atomic E-state index is 0.103. The van der Waals surface area contributed by atoms with Gasteiger partial charge in [0.2, 0.25) is 0 Å². The first-order valence-corrected chi connectivity index (χ1v) is 6.46. The molecule has 0 atom stereocenters. The van der Waals surface area contributed by atoms with E-state index in [0.29, 0.717) is 16.5 Å². The van der Waals surface area contributed by atoms with E-state index in [1.807, 2.05) is 13.0 Å². The fraction of sp³-hybridized carbons (Fsp3) is 0.500. The van der Waals surface area contributed by atoms with Crippen LogP contribution in [0.15, 0.2) is 6.07 Å². The Labute approximate surface area is 117 Å². The number of hydrogen-bond acceptors (Lipinski definition) is 3. The summed E-state index contributed by atoms with van der Waals surface area (Å²) in [5.41, 5.74) is 1.43. The van der Waals surface area contributed by atoms with Crippen LogP contribution in [0.4, 0.5) is 0 Å². The first-order chi connectivity index (χ1) is 8.95. The molecule has 5 heteroatoms. The number of rotatable bonds is 5. The third kappa shape index (κ3) is 2.37. The average Bonchev–Trinajstić information content (AvgIpc) is 3.09. The highest BCUT2D eigenvalue weighted by Gasteiger charge is 2.48. The summed E-state index contributed by atoms with van der Waals surface area (Å²) in [6.07, 6.45) is 1.79. The maximum atomic E-state index is 11.0. The van der Waals surface area contributed by atoms with Crippen LogP contribution < -0.4 is 9.47 Å². The molecule has 1 aliphatic carbocycles. The Morgan fingerprint density at radius 2 is 1.95 bits per heavy atom. The van der Waals surface area contributed by atoms with Gasteiger partial charge in [-0.1, -0.05) is 11.6 Å². The molecule has 0 bridgehead atoms. The van der Waals surface area contributed by atoms with Crippen LogP contribution in [0.3, 0.4) is 0 Å². The number of carboxylic acids is 1. The van der Waals surface area contributed by atoms with Crippen molar-refractivity contribution in [1.29, 1.82) is 0 Å². The average molecular weight is 285 g/mol. The second kappa shape index (κ2) is 4.93. The molecule has 0 spiro atoms. The van der Waals surface area contributed by atoms with Crippen molar-refractivity contribution in [1.82, 2.24) is 0 Å². The van der Waals surface area contributed by atoms with Crippen LogP contribution in [0.25, 0.3) is 0 Å². The van der Waals surface area contributed by atoms with Crippen molar-refractivity contribution in [3.05, 3.63) is 22.2 Å². The van der Waals surface area contributed by atoms with Gasteiger partial charge in [-0.3, -0.25) is 4.79 Å². The molecule has 19 heavy (non-hydrogen) atoms. The van der Waals surface area contributed by atoms with Gasteiger partial charge in [-0.15, -0.1) is 0 Å². The smallest absolute Gasteiger partial charge is 0.304 e. The SMILES string of the molecule is COc1c(C)cc(C2(CC(=O)O)CC2)c(OC)c1Cl. The molecule has 104 valence electrons. The standard InChI is InChI=1S/C14H17ClO4/c1-8-6-9(14(4-5-14)7-10(16)17)13(19-3)11(15)12(8)18-2/h6H,4-5,7H2,1-3H3,(H,16,17). The molecule has 4 nitrogen and oxygen atoms in total. The number of ether oxygens (including phenoxy) is 2. The predicted octanol–water partition coefficient (Wildman–Crippen LogP) is 3.17. The second-order valence-corrected chi connectivity index (χ2v) is 5.35. The summed E-state index contributed by atoms with van der Waals surface area (Å²) in [6.45, 7) is 1.89. The van der Waals surface area contributed by atoms with E-state index in [0.717, 1.165) is 24.0 Å². The highest BCUT2D eigenvalue weighted by atomic mass is 35.5. The molecule has 0 heterocycles. The Morgan fingerprint density at radius 3 is 2.37 bits per heavy atom. The quantitative estimate of drug-likeness (QED) is 0.902. The number of carboxylic acid groups (broad SMARTS) is 1. The van der Waals surface area contributed by atoms with Crippen molar-refractivity contribution in [3.63, 3.8) is 0 Å². The molecule has 1 aromatic rings. The van der Waals surface area contributed by atoms with Gasteiger partial charge in [-0.2, -0.15) is 0 Å². The minimum atomic E-state index is -0.802. The fourth-order valence-corrected chi connectivity index (χ4v) is 2.97. The molecule has 1 N–H and O–H groups in total. The lowest BCUT2D eigenvalue weighted by Gasteiger charge is -2.21. The number of aryl methyl sites for hydroxylation is 1. The highest BCUT2D eigenvalue weighted by molar-refractivity contribution is 6.33. The van der Waals surface area contributed by atoms with Crippen LogP contribution in [0.2, 0.25) is 5.02 Å². The van der Waals surface area contributed by atoms with Crippen LogP contribution in [0.5, 0.6) is 11.5 Å². The number of halogens is 1. The van der Waals surface area contributed by atoms with Gasteiger partial charge in [-0.25, -0.2) is 0 Å². The number of methoxy groups -OCH3 is 2. The lowest BCUT2D eigenvalue weighted by atomic mass is 9.90. The largest absolute Gasteiger partial charge is 0.495 e. The third-order valence-corrected chi connectivity index (χ3v) is 4.03. The zero-order valence-electron chi connectivity index (χ0n) is 11.2. The molecule has 0 saturated heterocycles. The molecule has 0 aromatic heterocycles. The number of aliphatic carboxylic acids is 1. The summed E-state index contributed by atoms with van der Waals surface area (Å²) in [6, 6.07) is 1.93. The van der Waals surface area contributed by atoms with Crippen LogP contribution in [0.1, 0.15) is 30.4 Å². The molecule has 0 aliphatic heterocycles. The Hall–Kier alpha value is -1.42. The maximum absolute atomic E-state index is 11.0. The van der Waals surface area contributed by atoms with E-state index in [1.165, 1.54) is 7.11 Å². The lowest BCUT2D eigenvalue weighted by Crippen LogP contribution is -2.15. The topological polar surface area (TPSA) is 55.8 Å². The van der Waals surface area contributed by atoms with Crippen LogP contribution in [0, 0.1) is 6.92 Å². The van der Waals surface area contributed by atoms with Gasteiger partial charge in [0.15, 0.2) is 0 Å². The van der Waals surface area contributed by atoms with Crippen LogP contribution >= 0.6 is 11.6 Å². The number of hydrogen-bond donors (Lipinski definition) is 1. The van der Waals surface area contributed by atoms with Crippen molar-refractivity contribution in [2.24, 2.45) is 0 Å². The van der Waals surface area contributed by atoms with Gasteiger partial charge in [0.25, 0.3) is 0 Å². The molecule has 1 aliphatic rings. The Balaban J connectivity index is 2.55. The third-order valence-electron chi connectivity index (χ3n) is 3.69. The van der Waals surface area contributed by atoms with Crippen molar-refractivity contribution in [3.8, 4) is 11.5 Å². The van der Waals surface area contributed by atoms with E-state index in [4.69, 9.17) is 26.2 Å². The normalized spacial score (nSPS) is 16.0. The molecule has 0 amide bonds. The Kier molecular flexibility index (Phi) is 3.63. The van der Waals surface area contributed by atoms with Gasteiger partial charge in [0.05, 0.1) is 20.6 Å². The molecule has 0 radical (unpaired) electrons. The number of carbonyl (C=O) groups is 1. The maximum Gasteiger partial charge on any atom is 0.304 e. The molecular formula is C14H17ClO4. The first-order valence-electron chi connectivity index (χ1n) is 6.08. The van der Waals surface area contributed by atoms with Gasteiger partial charge in [0.1, 0.15) is 16.5 Å². The summed E-state index contributed by atoms with van der Waals surface area (Å²) in [4.78, 5) is 11.0. The van der Waals surface area contributed by atoms with E-state index < -0.39 is 5.97 Å². The number of benzene rings is 1. The molecule has 1 saturated carbocycles. The zero-order chi connectivity index (χ0) is 14.2. The van der Waals surface area contributed by atoms with E-state index in [2.05, 4.69) is 0 Å². The summed E-state index contributed by atoms with van der Waals surface area (Å²) >= 11 is 6.29. The summed E-state index contributed by atoms with van der Waals surface area (Å²) in [5.74, 6) is 0.306. The molecule has 1 fully saturated rings. The van der Waals surface area contributed by atoms with Crippen molar-refractivity contribution in [2.45, 2.75) is 31.6 Å². The van der Waals surface area contributed by atoms with E-state index >= 15 is 0 Å². The lowest BCUT2D eigenvalue weighted by molar-refractivity contribution is -0.137. The van der Waals surface area contributed by atoms with E-state index in [-0.39, 0.29) is 11.8 Å². The molecule has 1 aromatic carbocycles. The van der Waals surface area contributed by atoms with Crippen molar-refractivity contribution in [2.75, 3.05) is 14.2 Å². The van der Waals surface area contributed by atoms with Gasteiger partial charge < -0.3 is 14.6 Å². The van der Waals surface area contributed by atoms with Crippen molar-refractivity contribution < 1.29 is 19.4 Å². The van der Waals surface area contributed by atoms with Crippen LogP contribution in [-0.2, 0) is 10.2 Å². The highest BCUT2D eigenvalue weighted by Crippen LogP contribution is 2.56. The minimum Gasteiger partial charge on any atom is -0.495 e. The first kappa shape index (κ1) is 14.0. The van der Waals surface area contributed by atoms with E-state index in [9.17, 15) is 4.79 Å². The Bertz CT molecular complexity index is 521. The molecule has 2 rings (SSSR count).